The summed E-state index contributed by atoms with van der Waals surface area (Å²) in [7, 11) is 0. The Labute approximate surface area is 153 Å². The number of carbonyl (C=O) groups is 2. The molecule has 3 aromatic rings. The first-order chi connectivity index (χ1) is 13.1. The highest BCUT2D eigenvalue weighted by molar-refractivity contribution is 6.21. The number of aromatic nitrogens is 4. The lowest BCUT2D eigenvalue weighted by atomic mass is 9.81. The molecule has 8 nitrogen and oxygen atoms in total. The lowest BCUT2D eigenvalue weighted by Gasteiger charge is -2.19. The van der Waals surface area contributed by atoms with Gasteiger partial charge in [0.1, 0.15) is 0 Å². The molecule has 1 N–H and O–H groups in total. The van der Waals surface area contributed by atoms with E-state index in [0.717, 1.165) is 40.7 Å². The van der Waals surface area contributed by atoms with E-state index < -0.39 is 0 Å². The van der Waals surface area contributed by atoms with E-state index >= 15 is 0 Å². The molecule has 1 aliphatic carbocycles. The van der Waals surface area contributed by atoms with Crippen molar-refractivity contribution in [1.29, 1.82) is 0 Å². The van der Waals surface area contributed by atoms with Gasteiger partial charge in [0.15, 0.2) is 0 Å². The fraction of sp³-hybridized carbons (Fsp3) is 0.316. The summed E-state index contributed by atoms with van der Waals surface area (Å²) in [6.07, 6.45) is 3.36. The Morgan fingerprint density at radius 1 is 0.926 bits per heavy atom. The van der Waals surface area contributed by atoms with Crippen molar-refractivity contribution in [2.45, 2.75) is 25.7 Å². The van der Waals surface area contributed by atoms with Crippen molar-refractivity contribution >= 4 is 23.5 Å². The van der Waals surface area contributed by atoms with E-state index in [0.29, 0.717) is 5.69 Å². The van der Waals surface area contributed by atoms with Crippen molar-refractivity contribution in [2.24, 2.45) is 11.8 Å². The molecule has 1 aromatic carbocycles. The molecule has 5 rings (SSSR count). The number of nitrogens with one attached hydrogen (secondary N) is 1. The first-order valence-corrected chi connectivity index (χ1v) is 9.06. The molecule has 2 fully saturated rings. The van der Waals surface area contributed by atoms with Gasteiger partial charge in [0.05, 0.1) is 17.5 Å². The van der Waals surface area contributed by atoms with Crippen LogP contribution in [0.25, 0.3) is 17.0 Å². The first-order valence-electron chi connectivity index (χ1n) is 9.06. The predicted octanol–water partition coefficient (Wildman–Crippen LogP) is 1.76. The maximum Gasteiger partial charge on any atom is 0.274 e. The molecule has 27 heavy (non-hydrogen) atoms. The average Bonchev–Trinajstić information content (AvgIpc) is 3.22. The van der Waals surface area contributed by atoms with Crippen LogP contribution in [0.3, 0.4) is 0 Å². The molecule has 2 amide bonds. The predicted molar refractivity (Wildman–Crippen MR) is 97.0 cm³/mol. The number of nitrogens with zero attached hydrogens (tertiary/aromatic N) is 4. The summed E-state index contributed by atoms with van der Waals surface area (Å²) < 4.78 is 1.16. The first kappa shape index (κ1) is 15.9. The van der Waals surface area contributed by atoms with Gasteiger partial charge in [-0.3, -0.25) is 19.5 Å². The molecule has 0 bridgehead atoms. The largest absolute Gasteiger partial charge is 0.274 e. The van der Waals surface area contributed by atoms with Gasteiger partial charge < -0.3 is 0 Å². The Kier molecular flexibility index (Phi) is 3.46. The standard InChI is InChI=1S/C19H17N5O3/c25-15-10-14(11-6-2-1-3-7-11)20-18-21-19(22-24(15)18)23-16(26)12-8-4-5-9-13(12)17(23)27/h1-3,6-7,10,12-13H,4-5,8-9H2,(H,20,21,22). The number of amides is 2. The van der Waals surface area contributed by atoms with E-state index in [1.807, 2.05) is 30.3 Å². The number of fused-ring (bicyclic) bond motifs is 2. The van der Waals surface area contributed by atoms with Crippen molar-refractivity contribution in [1.82, 2.24) is 19.6 Å². The maximum absolute atomic E-state index is 12.7. The number of carbonyl (C=O) groups excluding carboxylic acids is 2. The number of imide groups is 1. The smallest absolute Gasteiger partial charge is 0.274 e. The van der Waals surface area contributed by atoms with E-state index in [2.05, 4.69) is 15.1 Å². The summed E-state index contributed by atoms with van der Waals surface area (Å²) in [6, 6.07) is 10.7. The van der Waals surface area contributed by atoms with Crippen molar-refractivity contribution in [2.75, 3.05) is 4.90 Å². The zero-order valence-corrected chi connectivity index (χ0v) is 14.5. The van der Waals surface area contributed by atoms with Crippen LogP contribution in [0.1, 0.15) is 25.7 Å². The second-order valence-corrected chi connectivity index (χ2v) is 7.04. The lowest BCUT2D eigenvalue weighted by molar-refractivity contribution is -0.122. The molecule has 136 valence electrons. The number of anilines is 1. The molecule has 2 atom stereocenters. The Morgan fingerprint density at radius 2 is 1.59 bits per heavy atom. The van der Waals surface area contributed by atoms with E-state index in [-0.39, 0.29) is 40.9 Å². The van der Waals surface area contributed by atoms with Gasteiger partial charge in [-0.15, -0.1) is 0 Å². The number of aromatic amines is 1. The zero-order valence-electron chi connectivity index (χ0n) is 14.5. The molecule has 1 aliphatic heterocycles. The molecule has 2 unspecified atom stereocenters. The minimum atomic E-state index is -0.353. The van der Waals surface area contributed by atoms with Gasteiger partial charge in [-0.1, -0.05) is 43.2 Å². The monoisotopic (exact) mass is 363 g/mol. The maximum atomic E-state index is 12.7. The van der Waals surface area contributed by atoms with Gasteiger partial charge >= 0.3 is 0 Å². The molecule has 0 spiro atoms. The average molecular weight is 363 g/mol. The van der Waals surface area contributed by atoms with E-state index in [9.17, 15) is 14.4 Å². The highest BCUT2D eigenvalue weighted by atomic mass is 16.2. The molecule has 2 aliphatic rings. The minimum absolute atomic E-state index is 0.0641. The highest BCUT2D eigenvalue weighted by Gasteiger charge is 2.49. The Balaban J connectivity index is 1.59. The topological polar surface area (TPSA) is 100 Å². The van der Waals surface area contributed by atoms with Crippen LogP contribution in [0.5, 0.6) is 0 Å². The van der Waals surface area contributed by atoms with Gasteiger partial charge in [-0.25, -0.2) is 9.88 Å². The SMILES string of the molecule is O=C1C2CCCCC2C(=O)N1c1nc2nc(-c3ccccc3)cc(=O)n2[nH]1. The molecule has 2 aromatic heterocycles. The van der Waals surface area contributed by atoms with Crippen LogP contribution in [0.2, 0.25) is 0 Å². The van der Waals surface area contributed by atoms with Crippen LogP contribution in [-0.2, 0) is 9.59 Å². The van der Waals surface area contributed by atoms with Gasteiger partial charge in [0.25, 0.3) is 11.3 Å². The van der Waals surface area contributed by atoms with Crippen LogP contribution < -0.4 is 10.5 Å². The fourth-order valence-electron chi connectivity index (χ4n) is 4.10. The second kappa shape index (κ2) is 5.87. The van der Waals surface area contributed by atoms with Crippen LogP contribution in [0.15, 0.2) is 41.2 Å². The number of H-pyrrole nitrogens is 1. The quantitative estimate of drug-likeness (QED) is 0.699. The van der Waals surface area contributed by atoms with E-state index in [1.165, 1.54) is 6.07 Å². The summed E-state index contributed by atoms with van der Waals surface area (Å²) in [5.74, 6) is -0.825. The van der Waals surface area contributed by atoms with E-state index in [4.69, 9.17) is 0 Å². The summed E-state index contributed by atoms with van der Waals surface area (Å²) in [5.41, 5.74) is 0.932. The molecule has 1 saturated carbocycles. The van der Waals surface area contributed by atoms with E-state index in [1.54, 1.807) is 0 Å². The van der Waals surface area contributed by atoms with Crippen LogP contribution in [-0.4, -0.2) is 31.4 Å². The minimum Gasteiger partial charge on any atom is -0.274 e. The summed E-state index contributed by atoms with van der Waals surface area (Å²) in [5, 5.41) is 2.77. The summed E-state index contributed by atoms with van der Waals surface area (Å²) in [6.45, 7) is 0. The summed E-state index contributed by atoms with van der Waals surface area (Å²) in [4.78, 5) is 47.7. The zero-order chi connectivity index (χ0) is 18.5. The van der Waals surface area contributed by atoms with Crippen LogP contribution in [0, 0.1) is 11.8 Å². The molecule has 1 saturated heterocycles. The van der Waals surface area contributed by atoms with Gasteiger partial charge in [0, 0.05) is 11.6 Å². The van der Waals surface area contributed by atoms with Crippen molar-refractivity contribution in [3.8, 4) is 11.3 Å². The lowest BCUT2D eigenvalue weighted by Crippen LogP contribution is -2.32. The van der Waals surface area contributed by atoms with Gasteiger partial charge in [0.2, 0.25) is 17.8 Å². The Hall–Kier alpha value is -3.29. The summed E-state index contributed by atoms with van der Waals surface area (Å²) >= 11 is 0. The second-order valence-electron chi connectivity index (χ2n) is 7.04. The molecule has 0 radical (unpaired) electrons. The number of rotatable bonds is 2. The Bertz CT molecular complexity index is 1090. The molecule has 3 heterocycles. The Morgan fingerprint density at radius 3 is 2.26 bits per heavy atom. The van der Waals surface area contributed by atoms with Crippen molar-refractivity contribution in [3.63, 3.8) is 0 Å². The number of hydrogen-bond donors (Lipinski definition) is 1. The third-order valence-corrected chi connectivity index (χ3v) is 5.44. The van der Waals surface area contributed by atoms with Gasteiger partial charge in [-0.2, -0.15) is 9.50 Å². The van der Waals surface area contributed by atoms with Crippen molar-refractivity contribution in [3.05, 3.63) is 46.8 Å². The molecular formula is C19H17N5O3. The number of hydrogen-bond acceptors (Lipinski definition) is 5. The third-order valence-electron chi connectivity index (χ3n) is 5.44. The normalized spacial score (nSPS) is 22.4. The molecule has 8 heteroatoms. The fourth-order valence-corrected chi connectivity index (χ4v) is 4.10. The third kappa shape index (κ3) is 2.40. The van der Waals surface area contributed by atoms with Crippen LogP contribution in [0.4, 0.5) is 5.95 Å². The van der Waals surface area contributed by atoms with Crippen LogP contribution >= 0.6 is 0 Å². The van der Waals surface area contributed by atoms with Gasteiger partial charge in [-0.05, 0) is 12.8 Å². The number of benzene rings is 1. The highest BCUT2D eigenvalue weighted by Crippen LogP contribution is 2.39. The van der Waals surface area contributed by atoms with Crippen molar-refractivity contribution < 1.29 is 9.59 Å². The molecular weight excluding hydrogens is 346 g/mol.